The molecule has 0 fully saturated rings. The van der Waals surface area contributed by atoms with E-state index in [0.29, 0.717) is 11.4 Å². The quantitative estimate of drug-likeness (QED) is 0.668. The Balaban J connectivity index is 1.76. The maximum absolute atomic E-state index is 12.4. The molecule has 1 heterocycles. The molecule has 26 heavy (non-hydrogen) atoms. The molecule has 0 saturated carbocycles. The van der Waals surface area contributed by atoms with Crippen LogP contribution in [0.2, 0.25) is 0 Å². The number of hydrogen-bond acceptors (Lipinski definition) is 4. The van der Waals surface area contributed by atoms with Crippen LogP contribution in [0.5, 0.6) is 5.75 Å². The molecule has 1 amide bonds. The second-order valence-electron chi connectivity index (χ2n) is 5.27. The van der Waals surface area contributed by atoms with Gasteiger partial charge in [0.1, 0.15) is 5.75 Å². The van der Waals surface area contributed by atoms with Crippen molar-refractivity contribution >= 4 is 27.5 Å². The molecule has 0 aliphatic rings. The molecule has 134 valence electrons. The number of halogens is 3. The highest BCUT2D eigenvalue weighted by Gasteiger charge is 2.17. The van der Waals surface area contributed by atoms with E-state index in [0.717, 1.165) is 10.2 Å². The third-order valence-electron chi connectivity index (χ3n) is 3.50. The van der Waals surface area contributed by atoms with Crippen LogP contribution in [0.3, 0.4) is 0 Å². The summed E-state index contributed by atoms with van der Waals surface area (Å²) in [5.74, 6) is -0.443. The second kappa shape index (κ2) is 7.61. The number of ether oxygens (including phenoxy) is 1. The van der Waals surface area contributed by atoms with Crippen molar-refractivity contribution in [1.29, 1.82) is 0 Å². The Morgan fingerprint density at radius 3 is 2.62 bits per heavy atom. The Bertz CT molecular complexity index is 929. The Kier molecular flexibility index (Phi) is 5.27. The van der Waals surface area contributed by atoms with Gasteiger partial charge >= 0.3 is 6.61 Å². The van der Waals surface area contributed by atoms with E-state index >= 15 is 0 Å². The first-order valence-electron chi connectivity index (χ1n) is 7.48. The van der Waals surface area contributed by atoms with Gasteiger partial charge in [-0.25, -0.2) is 4.68 Å². The number of nitrogens with zero attached hydrogens (tertiary/aromatic N) is 3. The van der Waals surface area contributed by atoms with Gasteiger partial charge in [0, 0.05) is 10.2 Å². The molecule has 0 aliphatic carbocycles. The van der Waals surface area contributed by atoms with Crippen molar-refractivity contribution in [3.63, 3.8) is 0 Å². The predicted octanol–water partition coefficient (Wildman–Crippen LogP) is 4.19. The largest absolute Gasteiger partial charge is 0.435 e. The van der Waals surface area contributed by atoms with Crippen LogP contribution in [0.15, 0.2) is 53.0 Å². The van der Waals surface area contributed by atoms with Gasteiger partial charge in [-0.3, -0.25) is 4.79 Å². The summed E-state index contributed by atoms with van der Waals surface area (Å²) in [4.78, 5) is 12.4. The summed E-state index contributed by atoms with van der Waals surface area (Å²) in [6.07, 6.45) is 0. The molecule has 1 aromatic heterocycles. The van der Waals surface area contributed by atoms with Crippen LogP contribution in [-0.2, 0) is 0 Å². The van der Waals surface area contributed by atoms with E-state index in [1.54, 1.807) is 11.6 Å². The summed E-state index contributed by atoms with van der Waals surface area (Å²) in [6.45, 7) is -1.17. The van der Waals surface area contributed by atoms with Gasteiger partial charge in [0.2, 0.25) is 0 Å². The molecule has 6 nitrogen and oxygen atoms in total. The Morgan fingerprint density at radius 1 is 1.23 bits per heavy atom. The lowest BCUT2D eigenvalue weighted by Crippen LogP contribution is -2.14. The SMILES string of the molecule is Cc1c(C(=O)Nc2ccc(OC(F)F)cc2)nnn1-c1cccc(Br)c1. The zero-order chi connectivity index (χ0) is 18.7. The molecule has 0 bridgehead atoms. The Labute approximate surface area is 155 Å². The van der Waals surface area contributed by atoms with Crippen LogP contribution >= 0.6 is 15.9 Å². The zero-order valence-corrected chi connectivity index (χ0v) is 15.1. The first-order valence-corrected chi connectivity index (χ1v) is 8.28. The molecule has 0 radical (unpaired) electrons. The van der Waals surface area contributed by atoms with Crippen LogP contribution in [0.4, 0.5) is 14.5 Å². The van der Waals surface area contributed by atoms with Crippen molar-refractivity contribution in [1.82, 2.24) is 15.0 Å². The predicted molar refractivity (Wildman–Crippen MR) is 94.8 cm³/mol. The van der Waals surface area contributed by atoms with Crippen molar-refractivity contribution in [3.8, 4) is 11.4 Å². The van der Waals surface area contributed by atoms with Gasteiger partial charge in [0.25, 0.3) is 5.91 Å². The summed E-state index contributed by atoms with van der Waals surface area (Å²) in [5, 5.41) is 10.6. The van der Waals surface area contributed by atoms with Crippen LogP contribution in [-0.4, -0.2) is 27.5 Å². The highest BCUT2D eigenvalue weighted by atomic mass is 79.9. The zero-order valence-electron chi connectivity index (χ0n) is 13.5. The minimum Gasteiger partial charge on any atom is -0.435 e. The van der Waals surface area contributed by atoms with E-state index in [2.05, 4.69) is 36.3 Å². The minimum atomic E-state index is -2.90. The number of alkyl halides is 2. The second-order valence-corrected chi connectivity index (χ2v) is 6.19. The van der Waals surface area contributed by atoms with Gasteiger partial charge in [0.15, 0.2) is 5.69 Å². The van der Waals surface area contributed by atoms with Crippen molar-refractivity contribution in [2.75, 3.05) is 5.32 Å². The molecule has 0 atom stereocenters. The summed E-state index contributed by atoms with van der Waals surface area (Å²) in [6, 6.07) is 13.0. The lowest BCUT2D eigenvalue weighted by atomic mass is 10.2. The van der Waals surface area contributed by atoms with Crippen molar-refractivity contribution < 1.29 is 18.3 Å². The van der Waals surface area contributed by atoms with E-state index < -0.39 is 12.5 Å². The molecule has 0 spiro atoms. The first-order chi connectivity index (χ1) is 12.4. The molecule has 0 unspecified atom stereocenters. The molecule has 9 heteroatoms. The van der Waals surface area contributed by atoms with E-state index in [1.807, 2.05) is 24.3 Å². The number of rotatable bonds is 5. The van der Waals surface area contributed by atoms with Gasteiger partial charge in [-0.2, -0.15) is 8.78 Å². The topological polar surface area (TPSA) is 69.0 Å². The van der Waals surface area contributed by atoms with Gasteiger partial charge in [-0.05, 0) is 49.4 Å². The van der Waals surface area contributed by atoms with Crippen LogP contribution < -0.4 is 10.1 Å². The molecule has 3 rings (SSSR count). The summed E-state index contributed by atoms with van der Waals surface area (Å²) in [5.41, 5.74) is 1.92. The fraction of sp³-hybridized carbons (Fsp3) is 0.118. The average molecular weight is 423 g/mol. The molecular formula is C17H13BrF2N4O2. The lowest BCUT2D eigenvalue weighted by molar-refractivity contribution is -0.0498. The molecule has 0 saturated heterocycles. The third-order valence-corrected chi connectivity index (χ3v) is 3.99. The van der Waals surface area contributed by atoms with Gasteiger partial charge in [-0.15, -0.1) is 5.10 Å². The number of aromatic nitrogens is 3. The number of nitrogens with one attached hydrogen (secondary N) is 1. The normalized spacial score (nSPS) is 10.8. The van der Waals surface area contributed by atoms with Crippen LogP contribution in [0, 0.1) is 6.92 Å². The summed E-state index contributed by atoms with van der Waals surface area (Å²) >= 11 is 3.39. The standard InChI is InChI=1S/C17H13BrF2N4O2/c1-10-15(22-23-24(10)13-4-2-3-11(18)9-13)16(25)21-12-5-7-14(8-6-12)26-17(19)20/h2-9,17H,1H3,(H,21,25). The van der Waals surface area contributed by atoms with E-state index in [9.17, 15) is 13.6 Å². The monoisotopic (exact) mass is 422 g/mol. The number of carbonyl (C=O) groups excluding carboxylic acids is 1. The van der Waals surface area contributed by atoms with E-state index in [4.69, 9.17) is 0 Å². The lowest BCUT2D eigenvalue weighted by Gasteiger charge is -2.07. The number of anilines is 1. The average Bonchev–Trinajstić information content (AvgIpc) is 2.98. The fourth-order valence-electron chi connectivity index (χ4n) is 2.30. The third kappa shape index (κ3) is 4.05. The van der Waals surface area contributed by atoms with E-state index in [1.165, 1.54) is 24.3 Å². The number of amides is 1. The smallest absolute Gasteiger partial charge is 0.387 e. The number of benzene rings is 2. The molecule has 0 aliphatic heterocycles. The van der Waals surface area contributed by atoms with Gasteiger partial charge in [-0.1, -0.05) is 27.2 Å². The van der Waals surface area contributed by atoms with Crippen molar-refractivity contribution in [2.24, 2.45) is 0 Å². The Hall–Kier alpha value is -2.81. The number of carbonyl (C=O) groups is 1. The summed E-state index contributed by atoms with van der Waals surface area (Å²) < 4.78 is 31.0. The van der Waals surface area contributed by atoms with Gasteiger partial charge in [0.05, 0.1) is 11.4 Å². The molecule has 3 aromatic rings. The molecule has 2 aromatic carbocycles. The summed E-state index contributed by atoms with van der Waals surface area (Å²) in [7, 11) is 0. The maximum atomic E-state index is 12.4. The van der Waals surface area contributed by atoms with Crippen molar-refractivity contribution in [2.45, 2.75) is 13.5 Å². The minimum absolute atomic E-state index is 0.00905. The number of hydrogen-bond donors (Lipinski definition) is 1. The van der Waals surface area contributed by atoms with Crippen molar-refractivity contribution in [3.05, 3.63) is 64.4 Å². The molecular weight excluding hydrogens is 410 g/mol. The highest BCUT2D eigenvalue weighted by Crippen LogP contribution is 2.20. The fourth-order valence-corrected chi connectivity index (χ4v) is 2.69. The van der Waals surface area contributed by atoms with Crippen LogP contribution in [0.1, 0.15) is 16.2 Å². The van der Waals surface area contributed by atoms with E-state index in [-0.39, 0.29) is 11.4 Å². The Morgan fingerprint density at radius 2 is 1.96 bits per heavy atom. The first kappa shape index (κ1) is 18.0. The molecule has 1 N–H and O–H groups in total. The maximum Gasteiger partial charge on any atom is 0.387 e. The van der Waals surface area contributed by atoms with Gasteiger partial charge < -0.3 is 10.1 Å². The van der Waals surface area contributed by atoms with Crippen LogP contribution in [0.25, 0.3) is 5.69 Å². The highest BCUT2D eigenvalue weighted by molar-refractivity contribution is 9.10.